The SMILES string of the molecule is COC(=O)C(CC(C)C)NC(=O)c1cncc(Br)c1. The highest BCUT2D eigenvalue weighted by molar-refractivity contribution is 9.10. The lowest BCUT2D eigenvalue weighted by Gasteiger charge is -2.18. The number of aromatic nitrogens is 1. The van der Waals surface area contributed by atoms with Crippen LogP contribution in [0.5, 0.6) is 0 Å². The maximum absolute atomic E-state index is 12.0. The van der Waals surface area contributed by atoms with Gasteiger partial charge in [-0.15, -0.1) is 0 Å². The summed E-state index contributed by atoms with van der Waals surface area (Å²) in [4.78, 5) is 27.6. The molecule has 104 valence electrons. The van der Waals surface area contributed by atoms with Crippen LogP contribution in [-0.4, -0.2) is 30.0 Å². The van der Waals surface area contributed by atoms with Crippen molar-refractivity contribution < 1.29 is 14.3 Å². The average Bonchev–Trinajstić information content (AvgIpc) is 2.36. The highest BCUT2D eigenvalue weighted by Gasteiger charge is 2.23. The van der Waals surface area contributed by atoms with Gasteiger partial charge in [0.2, 0.25) is 0 Å². The van der Waals surface area contributed by atoms with E-state index in [2.05, 4.69) is 26.2 Å². The van der Waals surface area contributed by atoms with Crippen molar-refractivity contribution in [1.82, 2.24) is 10.3 Å². The molecule has 0 saturated carbocycles. The van der Waals surface area contributed by atoms with Crippen LogP contribution < -0.4 is 5.32 Å². The van der Waals surface area contributed by atoms with Crippen molar-refractivity contribution in [2.24, 2.45) is 5.92 Å². The number of hydrogen-bond donors (Lipinski definition) is 1. The van der Waals surface area contributed by atoms with Crippen molar-refractivity contribution in [3.63, 3.8) is 0 Å². The minimum absolute atomic E-state index is 0.269. The number of rotatable bonds is 5. The van der Waals surface area contributed by atoms with Crippen LogP contribution >= 0.6 is 15.9 Å². The Morgan fingerprint density at radius 3 is 2.63 bits per heavy atom. The predicted molar refractivity (Wildman–Crippen MR) is 74.7 cm³/mol. The first-order valence-corrected chi connectivity index (χ1v) is 6.72. The van der Waals surface area contributed by atoms with E-state index in [0.717, 1.165) is 0 Å². The van der Waals surface area contributed by atoms with Gasteiger partial charge in [-0.05, 0) is 34.3 Å². The summed E-state index contributed by atoms with van der Waals surface area (Å²) in [5, 5.41) is 2.67. The fourth-order valence-electron chi connectivity index (χ4n) is 1.61. The van der Waals surface area contributed by atoms with Crippen molar-refractivity contribution in [3.8, 4) is 0 Å². The number of esters is 1. The van der Waals surface area contributed by atoms with Gasteiger partial charge in [0, 0.05) is 16.9 Å². The van der Waals surface area contributed by atoms with Gasteiger partial charge in [0.05, 0.1) is 12.7 Å². The van der Waals surface area contributed by atoms with Crippen molar-refractivity contribution in [3.05, 3.63) is 28.5 Å². The normalized spacial score (nSPS) is 12.1. The van der Waals surface area contributed by atoms with Gasteiger partial charge in [0.1, 0.15) is 6.04 Å². The number of methoxy groups -OCH3 is 1. The standard InChI is InChI=1S/C13H17BrN2O3/c1-8(2)4-11(13(18)19-3)16-12(17)9-5-10(14)7-15-6-9/h5-8,11H,4H2,1-3H3,(H,16,17). The third-order valence-corrected chi connectivity index (χ3v) is 2.90. The molecular formula is C13H17BrN2O3. The van der Waals surface area contributed by atoms with E-state index < -0.39 is 12.0 Å². The predicted octanol–water partition coefficient (Wildman–Crippen LogP) is 2.16. The highest BCUT2D eigenvalue weighted by atomic mass is 79.9. The molecular weight excluding hydrogens is 312 g/mol. The molecule has 1 aromatic rings. The van der Waals surface area contributed by atoms with Gasteiger partial charge in [0.25, 0.3) is 5.91 Å². The van der Waals surface area contributed by atoms with E-state index in [4.69, 9.17) is 4.74 Å². The first-order valence-electron chi connectivity index (χ1n) is 5.93. The van der Waals surface area contributed by atoms with E-state index in [0.29, 0.717) is 16.5 Å². The fraction of sp³-hybridized carbons (Fsp3) is 0.462. The molecule has 5 nitrogen and oxygen atoms in total. The first kappa shape index (κ1) is 15.6. The lowest BCUT2D eigenvalue weighted by molar-refractivity contribution is -0.143. The number of halogens is 1. The molecule has 0 fully saturated rings. The molecule has 0 aliphatic heterocycles. The average molecular weight is 329 g/mol. The highest BCUT2D eigenvalue weighted by Crippen LogP contribution is 2.11. The van der Waals surface area contributed by atoms with Crippen molar-refractivity contribution >= 4 is 27.8 Å². The number of carbonyl (C=O) groups excluding carboxylic acids is 2. The summed E-state index contributed by atoms with van der Waals surface area (Å²) in [5.74, 6) is -0.514. The summed E-state index contributed by atoms with van der Waals surface area (Å²) in [5.41, 5.74) is 0.395. The topological polar surface area (TPSA) is 68.3 Å². The van der Waals surface area contributed by atoms with Crippen LogP contribution in [0, 0.1) is 5.92 Å². The second kappa shape index (κ2) is 7.23. The van der Waals surface area contributed by atoms with E-state index in [1.54, 1.807) is 12.3 Å². The van der Waals surface area contributed by atoms with Gasteiger partial charge in [-0.2, -0.15) is 0 Å². The second-order valence-electron chi connectivity index (χ2n) is 4.57. The van der Waals surface area contributed by atoms with Crippen LogP contribution in [0.1, 0.15) is 30.6 Å². The zero-order chi connectivity index (χ0) is 14.4. The van der Waals surface area contributed by atoms with Crippen LogP contribution in [0.4, 0.5) is 0 Å². The number of nitrogens with zero attached hydrogens (tertiary/aromatic N) is 1. The monoisotopic (exact) mass is 328 g/mol. The summed E-state index contributed by atoms with van der Waals surface area (Å²) in [6.07, 6.45) is 3.56. The van der Waals surface area contributed by atoms with E-state index in [9.17, 15) is 9.59 Å². The van der Waals surface area contributed by atoms with Gasteiger partial charge in [0.15, 0.2) is 0 Å². The quantitative estimate of drug-likeness (QED) is 0.841. The first-order chi connectivity index (χ1) is 8.93. The molecule has 0 radical (unpaired) electrons. The molecule has 1 rings (SSSR count). The van der Waals surface area contributed by atoms with Crippen LogP contribution in [0.2, 0.25) is 0 Å². The molecule has 0 aliphatic carbocycles. The number of carbonyl (C=O) groups is 2. The summed E-state index contributed by atoms with van der Waals surface area (Å²) < 4.78 is 5.40. The Hall–Kier alpha value is -1.43. The lowest BCUT2D eigenvalue weighted by Crippen LogP contribution is -2.42. The molecule has 6 heteroatoms. The lowest BCUT2D eigenvalue weighted by atomic mass is 10.0. The Balaban J connectivity index is 2.78. The molecule has 1 atom stereocenters. The molecule has 0 saturated heterocycles. The Morgan fingerprint density at radius 1 is 1.42 bits per heavy atom. The van der Waals surface area contributed by atoms with Crippen molar-refractivity contribution in [1.29, 1.82) is 0 Å². The third-order valence-electron chi connectivity index (χ3n) is 2.47. The van der Waals surface area contributed by atoms with Gasteiger partial charge >= 0.3 is 5.97 Å². The molecule has 0 bridgehead atoms. The number of nitrogens with one attached hydrogen (secondary N) is 1. The van der Waals surface area contributed by atoms with Crippen LogP contribution in [0.15, 0.2) is 22.9 Å². The minimum atomic E-state index is -0.642. The Bertz CT molecular complexity index is 463. The summed E-state index contributed by atoms with van der Waals surface area (Å²) >= 11 is 3.25. The second-order valence-corrected chi connectivity index (χ2v) is 5.49. The number of hydrogen-bond acceptors (Lipinski definition) is 4. The van der Waals surface area contributed by atoms with Gasteiger partial charge in [-0.25, -0.2) is 4.79 Å². The Labute approximate surface area is 120 Å². The van der Waals surface area contributed by atoms with Crippen LogP contribution in [0.3, 0.4) is 0 Å². The van der Waals surface area contributed by atoms with Gasteiger partial charge in [-0.3, -0.25) is 9.78 Å². The zero-order valence-corrected chi connectivity index (χ0v) is 12.7. The molecule has 1 heterocycles. The molecule has 0 aromatic carbocycles. The van der Waals surface area contributed by atoms with E-state index in [1.807, 2.05) is 13.8 Å². The van der Waals surface area contributed by atoms with Gasteiger partial charge in [-0.1, -0.05) is 13.8 Å². The Morgan fingerprint density at radius 2 is 2.11 bits per heavy atom. The molecule has 1 aromatic heterocycles. The molecule has 1 unspecified atom stereocenters. The minimum Gasteiger partial charge on any atom is -0.467 e. The maximum atomic E-state index is 12.0. The Kier molecular flexibility index (Phi) is 5.95. The molecule has 0 spiro atoms. The van der Waals surface area contributed by atoms with Crippen LogP contribution in [-0.2, 0) is 9.53 Å². The van der Waals surface area contributed by atoms with Crippen LogP contribution in [0.25, 0.3) is 0 Å². The number of pyridine rings is 1. The molecule has 1 N–H and O–H groups in total. The smallest absolute Gasteiger partial charge is 0.328 e. The number of amides is 1. The summed E-state index contributed by atoms with van der Waals surface area (Å²) in [6.45, 7) is 3.95. The van der Waals surface area contributed by atoms with E-state index >= 15 is 0 Å². The van der Waals surface area contributed by atoms with Gasteiger partial charge < -0.3 is 10.1 Å². The fourth-order valence-corrected chi connectivity index (χ4v) is 1.97. The third kappa shape index (κ3) is 4.98. The van der Waals surface area contributed by atoms with Crippen molar-refractivity contribution in [2.45, 2.75) is 26.3 Å². The largest absolute Gasteiger partial charge is 0.467 e. The molecule has 0 aliphatic rings. The van der Waals surface area contributed by atoms with Crippen molar-refractivity contribution in [2.75, 3.05) is 7.11 Å². The molecule has 19 heavy (non-hydrogen) atoms. The van der Waals surface area contributed by atoms with E-state index in [1.165, 1.54) is 13.3 Å². The summed E-state index contributed by atoms with van der Waals surface area (Å²) in [6, 6.07) is 1.00. The number of ether oxygens (including phenoxy) is 1. The zero-order valence-electron chi connectivity index (χ0n) is 11.1. The molecule has 1 amide bonds. The van der Waals surface area contributed by atoms with E-state index in [-0.39, 0.29) is 11.8 Å². The summed E-state index contributed by atoms with van der Waals surface area (Å²) in [7, 11) is 1.31. The maximum Gasteiger partial charge on any atom is 0.328 e.